The fraction of sp³-hybridized carbons (Fsp3) is 0.600. The first kappa shape index (κ1) is 13.1. The predicted octanol–water partition coefficient (Wildman–Crippen LogP) is 1.27. The molecule has 0 aliphatic rings. The van der Waals surface area contributed by atoms with Crippen molar-refractivity contribution in [2.75, 3.05) is 6.54 Å². The quantitative estimate of drug-likeness (QED) is 0.598. The fourth-order valence-corrected chi connectivity index (χ4v) is 1.45. The Balaban J connectivity index is 2.78. The molecule has 0 aliphatic heterocycles. The van der Waals surface area contributed by atoms with Crippen LogP contribution in [-0.2, 0) is 4.79 Å². The molecule has 0 spiro atoms. The molecule has 1 amide bonds. The Labute approximate surface area is 99.0 Å². The van der Waals surface area contributed by atoms with Crippen molar-refractivity contribution in [1.29, 1.82) is 0 Å². The molecule has 94 valence electrons. The summed E-state index contributed by atoms with van der Waals surface area (Å²) >= 11 is 0. The van der Waals surface area contributed by atoms with Crippen LogP contribution in [0.4, 0.5) is 5.69 Å². The van der Waals surface area contributed by atoms with Crippen LogP contribution in [0.3, 0.4) is 0 Å². The zero-order chi connectivity index (χ0) is 12.8. The normalized spacial score (nSPS) is 12.1. The van der Waals surface area contributed by atoms with Gasteiger partial charge >= 0.3 is 5.69 Å². The van der Waals surface area contributed by atoms with E-state index in [4.69, 9.17) is 0 Å². The van der Waals surface area contributed by atoms with E-state index in [0.29, 0.717) is 13.0 Å². The first-order valence-electron chi connectivity index (χ1n) is 5.56. The second-order valence-electron chi connectivity index (χ2n) is 3.65. The minimum Gasteiger partial charge on any atom is -0.354 e. The van der Waals surface area contributed by atoms with E-state index in [-0.39, 0.29) is 11.6 Å². The van der Waals surface area contributed by atoms with Crippen LogP contribution in [0.25, 0.3) is 0 Å². The Hall–Kier alpha value is -1.92. The average Bonchev–Trinajstić information content (AvgIpc) is 2.77. The second-order valence-corrected chi connectivity index (χ2v) is 3.65. The van der Waals surface area contributed by atoms with Crippen molar-refractivity contribution in [2.45, 2.75) is 32.7 Å². The van der Waals surface area contributed by atoms with E-state index in [1.54, 1.807) is 0 Å². The van der Waals surface area contributed by atoms with Gasteiger partial charge in [-0.25, -0.2) is 0 Å². The first-order valence-corrected chi connectivity index (χ1v) is 5.56. The average molecular weight is 240 g/mol. The van der Waals surface area contributed by atoms with Crippen LogP contribution < -0.4 is 5.32 Å². The lowest BCUT2D eigenvalue weighted by molar-refractivity contribution is -0.385. The van der Waals surface area contributed by atoms with Crippen LogP contribution in [0.5, 0.6) is 0 Å². The molecule has 0 saturated carbocycles. The Morgan fingerprint density at radius 1 is 1.65 bits per heavy atom. The summed E-state index contributed by atoms with van der Waals surface area (Å²) in [6.07, 6.45) is 3.81. The molecule has 1 atom stereocenters. The Bertz CT molecular complexity index is 402. The number of rotatable bonds is 6. The minimum absolute atomic E-state index is 0.105. The highest BCUT2D eigenvalue weighted by Crippen LogP contribution is 2.15. The maximum absolute atomic E-state index is 11.8. The highest BCUT2D eigenvalue weighted by Gasteiger charge is 2.21. The van der Waals surface area contributed by atoms with Crippen LogP contribution in [0.2, 0.25) is 0 Å². The highest BCUT2D eigenvalue weighted by atomic mass is 16.6. The summed E-state index contributed by atoms with van der Waals surface area (Å²) in [5.74, 6) is -0.160. The van der Waals surface area contributed by atoms with Crippen molar-refractivity contribution in [1.82, 2.24) is 15.1 Å². The molecule has 17 heavy (non-hydrogen) atoms. The standard InChI is InChI=1S/C10H16N4O3/c1-3-5-11-10(15)9(4-2)13-7-8(6-12-13)14(16)17/h6-7,9H,3-5H2,1-2H3,(H,11,15). The maximum atomic E-state index is 11.8. The van der Waals surface area contributed by atoms with E-state index in [1.165, 1.54) is 10.9 Å². The zero-order valence-corrected chi connectivity index (χ0v) is 9.92. The Kier molecular flexibility index (Phi) is 4.62. The number of hydrogen-bond donors (Lipinski definition) is 1. The lowest BCUT2D eigenvalue weighted by Gasteiger charge is -2.14. The monoisotopic (exact) mass is 240 g/mol. The predicted molar refractivity (Wildman–Crippen MR) is 61.5 cm³/mol. The molecule has 0 radical (unpaired) electrons. The minimum atomic E-state index is -0.528. The van der Waals surface area contributed by atoms with Crippen LogP contribution >= 0.6 is 0 Å². The lowest BCUT2D eigenvalue weighted by atomic mass is 10.2. The number of aromatic nitrogens is 2. The van der Waals surface area contributed by atoms with Crippen molar-refractivity contribution < 1.29 is 9.72 Å². The molecule has 1 heterocycles. The van der Waals surface area contributed by atoms with E-state index >= 15 is 0 Å². The van der Waals surface area contributed by atoms with Gasteiger partial charge in [0.25, 0.3) is 0 Å². The number of hydrogen-bond acceptors (Lipinski definition) is 4. The Morgan fingerprint density at radius 3 is 2.82 bits per heavy atom. The van der Waals surface area contributed by atoms with E-state index in [1.807, 2.05) is 13.8 Å². The molecule has 0 fully saturated rings. The number of amides is 1. The number of carbonyl (C=O) groups is 1. The van der Waals surface area contributed by atoms with Gasteiger partial charge in [-0.2, -0.15) is 5.10 Å². The van der Waals surface area contributed by atoms with Crippen LogP contribution in [0.1, 0.15) is 32.7 Å². The molecule has 0 saturated heterocycles. The molecule has 1 rings (SSSR count). The van der Waals surface area contributed by atoms with Gasteiger partial charge in [0.15, 0.2) is 0 Å². The third kappa shape index (κ3) is 3.27. The van der Waals surface area contributed by atoms with E-state index < -0.39 is 11.0 Å². The number of carbonyl (C=O) groups excluding carboxylic acids is 1. The molecule has 7 nitrogen and oxygen atoms in total. The van der Waals surface area contributed by atoms with Crippen molar-refractivity contribution in [3.63, 3.8) is 0 Å². The maximum Gasteiger partial charge on any atom is 0.307 e. The van der Waals surface area contributed by atoms with E-state index in [9.17, 15) is 14.9 Å². The van der Waals surface area contributed by atoms with Gasteiger partial charge in [-0.15, -0.1) is 0 Å². The van der Waals surface area contributed by atoms with Gasteiger partial charge in [0, 0.05) is 6.54 Å². The fourth-order valence-electron chi connectivity index (χ4n) is 1.45. The third-order valence-electron chi connectivity index (χ3n) is 2.36. The number of nitro groups is 1. The van der Waals surface area contributed by atoms with Gasteiger partial charge < -0.3 is 5.32 Å². The number of nitrogens with zero attached hydrogens (tertiary/aromatic N) is 3. The van der Waals surface area contributed by atoms with Gasteiger partial charge in [-0.3, -0.25) is 19.6 Å². The SMILES string of the molecule is CCCNC(=O)C(CC)n1cc([N+](=O)[O-])cn1. The lowest BCUT2D eigenvalue weighted by Crippen LogP contribution is -2.33. The molecule has 0 aromatic carbocycles. The summed E-state index contributed by atoms with van der Waals surface area (Å²) in [6, 6.07) is -0.491. The summed E-state index contributed by atoms with van der Waals surface area (Å²) < 4.78 is 1.34. The smallest absolute Gasteiger partial charge is 0.307 e. The van der Waals surface area contributed by atoms with Gasteiger partial charge in [-0.05, 0) is 12.8 Å². The summed E-state index contributed by atoms with van der Waals surface area (Å²) in [5.41, 5.74) is -0.105. The largest absolute Gasteiger partial charge is 0.354 e. The van der Waals surface area contributed by atoms with E-state index in [0.717, 1.165) is 12.6 Å². The van der Waals surface area contributed by atoms with Gasteiger partial charge in [0.05, 0.1) is 4.92 Å². The van der Waals surface area contributed by atoms with Crippen LogP contribution in [0.15, 0.2) is 12.4 Å². The topological polar surface area (TPSA) is 90.1 Å². The molecular weight excluding hydrogens is 224 g/mol. The first-order chi connectivity index (χ1) is 8.10. The van der Waals surface area contributed by atoms with Crippen LogP contribution in [-0.4, -0.2) is 27.2 Å². The molecule has 1 unspecified atom stereocenters. The van der Waals surface area contributed by atoms with Crippen molar-refractivity contribution >= 4 is 11.6 Å². The zero-order valence-electron chi connectivity index (χ0n) is 9.92. The van der Waals surface area contributed by atoms with Crippen molar-refractivity contribution in [3.05, 3.63) is 22.5 Å². The van der Waals surface area contributed by atoms with E-state index in [2.05, 4.69) is 10.4 Å². The molecule has 7 heteroatoms. The second kappa shape index (κ2) is 5.97. The van der Waals surface area contributed by atoms with Crippen molar-refractivity contribution in [3.8, 4) is 0 Å². The molecule has 1 aromatic heterocycles. The Morgan fingerprint density at radius 2 is 2.35 bits per heavy atom. The van der Waals surface area contributed by atoms with Gasteiger partial charge in [0.1, 0.15) is 18.4 Å². The summed E-state index contributed by atoms with van der Waals surface area (Å²) in [5, 5.41) is 17.1. The molecule has 1 aromatic rings. The van der Waals surface area contributed by atoms with Crippen LogP contribution in [0, 0.1) is 10.1 Å². The summed E-state index contributed by atoms with van der Waals surface area (Å²) in [4.78, 5) is 21.8. The highest BCUT2D eigenvalue weighted by molar-refractivity contribution is 5.80. The van der Waals surface area contributed by atoms with Gasteiger partial charge in [-0.1, -0.05) is 13.8 Å². The molecular formula is C10H16N4O3. The molecule has 0 aliphatic carbocycles. The van der Waals surface area contributed by atoms with Gasteiger partial charge in [0.2, 0.25) is 5.91 Å². The van der Waals surface area contributed by atoms with Crippen molar-refractivity contribution in [2.24, 2.45) is 0 Å². The summed E-state index contributed by atoms with van der Waals surface area (Å²) in [6.45, 7) is 4.39. The number of nitrogens with one attached hydrogen (secondary N) is 1. The molecule has 1 N–H and O–H groups in total. The third-order valence-corrected chi connectivity index (χ3v) is 2.36. The summed E-state index contributed by atoms with van der Waals surface area (Å²) in [7, 11) is 0. The molecule has 0 bridgehead atoms.